The number of carbonyl (C=O) groups excluding carboxylic acids is 3. The van der Waals surface area contributed by atoms with Crippen molar-refractivity contribution in [2.24, 2.45) is 17.6 Å². The Hall–Kier alpha value is -2.77. The van der Waals surface area contributed by atoms with Gasteiger partial charge < -0.3 is 15.8 Å². The molecule has 3 fully saturated rings. The molecule has 7 heteroatoms. The van der Waals surface area contributed by atoms with Gasteiger partial charge in [-0.1, -0.05) is 36.4 Å². The fourth-order valence-corrected chi connectivity index (χ4v) is 5.02. The molecule has 150 valence electrons. The molecule has 3 N–H and O–H groups in total. The Morgan fingerprint density at radius 3 is 2.38 bits per heavy atom. The van der Waals surface area contributed by atoms with Crippen molar-refractivity contribution in [3.8, 4) is 0 Å². The molecular formula is C22H23N3O4. The fourth-order valence-electron chi connectivity index (χ4n) is 5.02. The first-order chi connectivity index (χ1) is 14.1. The van der Waals surface area contributed by atoms with Crippen LogP contribution in [-0.2, 0) is 19.1 Å². The summed E-state index contributed by atoms with van der Waals surface area (Å²) in [4.78, 5) is 39.2. The largest absolute Gasteiger partial charge is 0.373 e. The Labute approximate surface area is 168 Å². The molecule has 3 aliphatic rings. The highest BCUT2D eigenvalue weighted by Gasteiger charge is 2.62. The molecule has 3 aliphatic heterocycles. The second-order valence-corrected chi connectivity index (χ2v) is 8.07. The number of carbonyl (C=O) groups is 3. The van der Waals surface area contributed by atoms with Crippen LogP contribution >= 0.6 is 0 Å². The van der Waals surface area contributed by atoms with Gasteiger partial charge in [-0.15, -0.1) is 0 Å². The van der Waals surface area contributed by atoms with Crippen LogP contribution in [0.15, 0.2) is 42.5 Å². The van der Waals surface area contributed by atoms with Crippen molar-refractivity contribution in [3.63, 3.8) is 0 Å². The first kappa shape index (κ1) is 18.3. The number of hydrogen-bond acceptors (Lipinski definition) is 5. The van der Waals surface area contributed by atoms with Crippen LogP contribution in [0.25, 0.3) is 10.8 Å². The van der Waals surface area contributed by atoms with E-state index in [-0.39, 0.29) is 49.1 Å². The highest BCUT2D eigenvalue weighted by atomic mass is 16.5. The van der Waals surface area contributed by atoms with Gasteiger partial charge in [-0.2, -0.15) is 0 Å². The minimum atomic E-state index is -0.417. The van der Waals surface area contributed by atoms with E-state index in [0.717, 1.165) is 34.1 Å². The Morgan fingerprint density at radius 2 is 1.72 bits per heavy atom. The minimum Gasteiger partial charge on any atom is -0.373 e. The molecule has 3 heterocycles. The summed E-state index contributed by atoms with van der Waals surface area (Å²) in [5.74, 6) is -1.78. The monoisotopic (exact) mass is 393 g/mol. The lowest BCUT2D eigenvalue weighted by Gasteiger charge is -2.21. The van der Waals surface area contributed by atoms with Crippen LogP contribution in [0.2, 0.25) is 0 Å². The van der Waals surface area contributed by atoms with E-state index in [4.69, 9.17) is 10.5 Å². The number of fused-ring (bicyclic) bond motifs is 6. The Bertz CT molecular complexity index is 978. The lowest BCUT2D eigenvalue weighted by atomic mass is 9.81. The van der Waals surface area contributed by atoms with Gasteiger partial charge in [0.15, 0.2) is 0 Å². The average molecular weight is 393 g/mol. The van der Waals surface area contributed by atoms with Crippen molar-refractivity contribution in [2.75, 3.05) is 13.1 Å². The number of rotatable bonds is 5. The lowest BCUT2D eigenvalue weighted by molar-refractivity contribution is -0.146. The molecule has 3 saturated heterocycles. The van der Waals surface area contributed by atoms with E-state index in [1.54, 1.807) is 0 Å². The summed E-state index contributed by atoms with van der Waals surface area (Å²) in [6.07, 6.45) is 1.26. The van der Waals surface area contributed by atoms with E-state index >= 15 is 0 Å². The van der Waals surface area contributed by atoms with E-state index in [9.17, 15) is 14.4 Å². The summed E-state index contributed by atoms with van der Waals surface area (Å²) in [5, 5.41) is 5.05. The van der Waals surface area contributed by atoms with Gasteiger partial charge >= 0.3 is 0 Å². The van der Waals surface area contributed by atoms with Crippen molar-refractivity contribution < 1.29 is 19.1 Å². The van der Waals surface area contributed by atoms with Gasteiger partial charge in [0.05, 0.1) is 30.1 Å². The molecule has 5 rings (SSSR count). The molecule has 0 aromatic heterocycles. The molecule has 5 unspecified atom stereocenters. The van der Waals surface area contributed by atoms with Crippen LogP contribution in [0.3, 0.4) is 0 Å². The van der Waals surface area contributed by atoms with Gasteiger partial charge in [0.1, 0.15) is 6.54 Å². The third kappa shape index (κ3) is 2.92. The molecule has 0 radical (unpaired) electrons. The van der Waals surface area contributed by atoms with Crippen molar-refractivity contribution in [2.45, 2.75) is 31.1 Å². The summed E-state index contributed by atoms with van der Waals surface area (Å²) in [7, 11) is 0. The standard InChI is InChI=1S/C22H23N3O4/c23-10-15(14-6-5-12-3-1-2-4-13(12)9-14)24-18(26)11-25-21(27)19-16-7-8-17(29-16)20(19)22(25)28/h1-6,9,15-17,19-20H,7-8,10-11,23H2,(H,24,26). The zero-order valence-corrected chi connectivity index (χ0v) is 15.9. The second-order valence-electron chi connectivity index (χ2n) is 8.07. The third-order valence-electron chi connectivity index (χ3n) is 6.42. The van der Waals surface area contributed by atoms with Crippen LogP contribution < -0.4 is 11.1 Å². The van der Waals surface area contributed by atoms with Gasteiger partial charge in [0.2, 0.25) is 17.7 Å². The summed E-state index contributed by atoms with van der Waals surface area (Å²) in [6, 6.07) is 13.5. The Balaban J connectivity index is 1.29. The van der Waals surface area contributed by atoms with E-state index in [1.807, 2.05) is 42.5 Å². The fraction of sp³-hybridized carbons (Fsp3) is 0.409. The minimum absolute atomic E-state index is 0.177. The Kier molecular flexibility index (Phi) is 4.37. The molecule has 3 amide bonds. The smallest absolute Gasteiger partial charge is 0.240 e. The molecule has 0 aliphatic carbocycles. The maximum absolute atomic E-state index is 12.7. The van der Waals surface area contributed by atoms with Crippen molar-refractivity contribution >= 4 is 28.5 Å². The first-order valence-electron chi connectivity index (χ1n) is 10.1. The van der Waals surface area contributed by atoms with Crippen molar-refractivity contribution in [1.29, 1.82) is 0 Å². The number of likely N-dealkylation sites (tertiary alicyclic amines) is 1. The van der Waals surface area contributed by atoms with E-state index in [2.05, 4.69) is 5.32 Å². The quantitative estimate of drug-likeness (QED) is 0.742. The number of benzene rings is 2. The average Bonchev–Trinajstić information content (AvgIpc) is 3.42. The molecule has 2 bridgehead atoms. The first-order valence-corrected chi connectivity index (χ1v) is 10.1. The van der Waals surface area contributed by atoms with Gasteiger partial charge in [-0.25, -0.2) is 0 Å². The topological polar surface area (TPSA) is 102 Å². The summed E-state index contributed by atoms with van der Waals surface area (Å²) in [6.45, 7) is -0.0522. The highest BCUT2D eigenvalue weighted by Crippen LogP contribution is 2.48. The van der Waals surface area contributed by atoms with Crippen LogP contribution in [0.4, 0.5) is 0 Å². The predicted octanol–water partition coefficient (Wildman–Crippen LogP) is 1.12. The third-order valence-corrected chi connectivity index (χ3v) is 6.42. The van der Waals surface area contributed by atoms with Gasteiger partial charge in [0, 0.05) is 6.54 Å². The van der Waals surface area contributed by atoms with E-state index < -0.39 is 11.8 Å². The van der Waals surface area contributed by atoms with E-state index in [1.165, 1.54) is 0 Å². The zero-order chi connectivity index (χ0) is 20.1. The van der Waals surface area contributed by atoms with E-state index in [0.29, 0.717) is 0 Å². The maximum atomic E-state index is 12.7. The number of nitrogens with one attached hydrogen (secondary N) is 1. The highest BCUT2D eigenvalue weighted by molar-refractivity contribution is 6.08. The number of nitrogens with zero attached hydrogens (tertiary/aromatic N) is 1. The summed E-state index contributed by atoms with van der Waals surface area (Å²) in [5.41, 5.74) is 6.79. The molecule has 5 atom stereocenters. The summed E-state index contributed by atoms with van der Waals surface area (Å²) < 4.78 is 5.72. The number of nitrogens with two attached hydrogens (primary N) is 1. The number of hydrogen-bond donors (Lipinski definition) is 2. The number of imide groups is 1. The normalized spacial score (nSPS) is 28.8. The van der Waals surface area contributed by atoms with Crippen LogP contribution in [0.1, 0.15) is 24.4 Å². The zero-order valence-electron chi connectivity index (χ0n) is 15.9. The second kappa shape index (κ2) is 6.93. The predicted molar refractivity (Wildman–Crippen MR) is 105 cm³/mol. The van der Waals surface area contributed by atoms with Gasteiger partial charge in [-0.05, 0) is 35.2 Å². The van der Waals surface area contributed by atoms with Gasteiger partial charge in [0.25, 0.3) is 0 Å². The van der Waals surface area contributed by atoms with Crippen LogP contribution in [-0.4, -0.2) is 47.9 Å². The molecule has 2 aromatic carbocycles. The molecular weight excluding hydrogens is 370 g/mol. The molecule has 2 aromatic rings. The lowest BCUT2D eigenvalue weighted by Crippen LogP contribution is -2.44. The van der Waals surface area contributed by atoms with Crippen molar-refractivity contribution in [1.82, 2.24) is 10.2 Å². The van der Waals surface area contributed by atoms with Crippen LogP contribution in [0.5, 0.6) is 0 Å². The molecule has 0 saturated carbocycles. The summed E-state index contributed by atoms with van der Waals surface area (Å²) >= 11 is 0. The van der Waals surface area contributed by atoms with Crippen molar-refractivity contribution in [3.05, 3.63) is 48.0 Å². The number of ether oxygens (including phenoxy) is 1. The maximum Gasteiger partial charge on any atom is 0.240 e. The number of amides is 3. The Morgan fingerprint density at radius 1 is 1.07 bits per heavy atom. The molecule has 0 spiro atoms. The SMILES string of the molecule is NCC(NC(=O)CN1C(=O)C2C3CCC(O3)C2C1=O)c1ccc2ccccc2c1. The molecule has 7 nitrogen and oxygen atoms in total. The molecule has 29 heavy (non-hydrogen) atoms. The van der Waals surface area contributed by atoms with Gasteiger partial charge in [-0.3, -0.25) is 19.3 Å². The van der Waals surface area contributed by atoms with Crippen LogP contribution in [0, 0.1) is 11.8 Å².